The molecule has 0 saturated carbocycles. The molecule has 7 heteroatoms. The highest BCUT2D eigenvalue weighted by Gasteiger charge is 2.22. The number of furan rings is 1. The van der Waals surface area contributed by atoms with Crippen LogP contribution in [0.25, 0.3) is 0 Å². The first-order valence-electron chi connectivity index (χ1n) is 5.76. The van der Waals surface area contributed by atoms with Crippen LogP contribution in [0.5, 0.6) is 0 Å². The number of rotatable bonds is 4. The summed E-state index contributed by atoms with van der Waals surface area (Å²) in [6.07, 6.45) is 1.32. The van der Waals surface area contributed by atoms with E-state index in [4.69, 9.17) is 4.42 Å². The molecule has 1 saturated heterocycles. The number of likely N-dealkylation sites (N-methyl/N-ethyl adjacent to an activating group) is 1. The third kappa shape index (κ3) is 2.86. The van der Waals surface area contributed by atoms with E-state index in [1.807, 2.05) is 0 Å². The Bertz CT molecular complexity index is 457. The number of carbonyl (C=O) groups excluding carboxylic acids is 1. The molecule has 1 N–H and O–H groups in total. The summed E-state index contributed by atoms with van der Waals surface area (Å²) in [5.41, 5.74) is 0. The van der Waals surface area contributed by atoms with Crippen molar-refractivity contribution < 1.29 is 14.1 Å². The predicted molar refractivity (Wildman–Crippen MR) is 62.9 cm³/mol. The Labute approximate surface area is 104 Å². The van der Waals surface area contributed by atoms with Crippen LogP contribution in [0.3, 0.4) is 0 Å². The highest BCUT2D eigenvalue weighted by Crippen LogP contribution is 2.16. The van der Waals surface area contributed by atoms with Crippen LogP contribution in [0.1, 0.15) is 18.6 Å². The topological polar surface area (TPSA) is 88.6 Å². The molecule has 18 heavy (non-hydrogen) atoms. The molecule has 1 aliphatic heterocycles. The molecule has 1 aromatic heterocycles. The lowest BCUT2D eigenvalue weighted by molar-refractivity contribution is -0.402. The summed E-state index contributed by atoms with van der Waals surface area (Å²) in [6, 6.07) is 3.13. The third-order valence-electron chi connectivity index (χ3n) is 3.02. The Balaban J connectivity index is 1.84. The minimum absolute atomic E-state index is 0.154. The number of nitrogens with zero attached hydrogens (tertiary/aromatic N) is 2. The maximum Gasteiger partial charge on any atom is 0.433 e. The van der Waals surface area contributed by atoms with Crippen molar-refractivity contribution in [2.24, 2.45) is 0 Å². The first-order chi connectivity index (χ1) is 8.56. The Morgan fingerprint density at radius 1 is 1.61 bits per heavy atom. The van der Waals surface area contributed by atoms with E-state index in [-0.39, 0.29) is 17.8 Å². The maximum atomic E-state index is 11.3. The molecule has 0 bridgehead atoms. The van der Waals surface area contributed by atoms with Crippen molar-refractivity contribution >= 4 is 11.8 Å². The summed E-state index contributed by atoms with van der Waals surface area (Å²) in [7, 11) is 1.77. The highest BCUT2D eigenvalue weighted by atomic mass is 16.6. The molecule has 1 amide bonds. The van der Waals surface area contributed by atoms with Crippen molar-refractivity contribution in [2.75, 3.05) is 13.6 Å². The Kier molecular flexibility index (Phi) is 3.61. The largest absolute Gasteiger partial charge is 0.433 e. The highest BCUT2D eigenvalue weighted by molar-refractivity contribution is 5.76. The molecule has 1 aliphatic rings. The van der Waals surface area contributed by atoms with Gasteiger partial charge in [0.2, 0.25) is 5.91 Å². The van der Waals surface area contributed by atoms with Gasteiger partial charge in [0.25, 0.3) is 0 Å². The van der Waals surface area contributed by atoms with E-state index < -0.39 is 4.92 Å². The molecule has 2 heterocycles. The maximum absolute atomic E-state index is 11.3. The van der Waals surface area contributed by atoms with Gasteiger partial charge < -0.3 is 14.6 Å². The monoisotopic (exact) mass is 253 g/mol. The van der Waals surface area contributed by atoms with Crippen molar-refractivity contribution in [1.29, 1.82) is 0 Å². The Morgan fingerprint density at radius 3 is 3.00 bits per heavy atom. The van der Waals surface area contributed by atoms with Gasteiger partial charge >= 0.3 is 5.88 Å². The van der Waals surface area contributed by atoms with Crippen molar-refractivity contribution in [3.63, 3.8) is 0 Å². The summed E-state index contributed by atoms with van der Waals surface area (Å²) < 4.78 is 5.04. The van der Waals surface area contributed by atoms with Crippen LogP contribution in [0.4, 0.5) is 5.88 Å². The van der Waals surface area contributed by atoms with Crippen molar-refractivity contribution in [2.45, 2.75) is 25.4 Å². The lowest BCUT2D eigenvalue weighted by atomic mass is 10.1. The Hall–Kier alpha value is -1.89. The quantitative estimate of drug-likeness (QED) is 0.636. The number of carbonyl (C=O) groups is 1. The number of amides is 1. The van der Waals surface area contributed by atoms with Gasteiger partial charge in [0.15, 0.2) is 0 Å². The summed E-state index contributed by atoms with van der Waals surface area (Å²) in [4.78, 5) is 22.9. The first kappa shape index (κ1) is 12.6. The van der Waals surface area contributed by atoms with Gasteiger partial charge in [-0.2, -0.15) is 0 Å². The van der Waals surface area contributed by atoms with Gasteiger partial charge in [0, 0.05) is 26.1 Å². The average molecular weight is 253 g/mol. The van der Waals surface area contributed by atoms with E-state index in [9.17, 15) is 14.9 Å². The first-order valence-corrected chi connectivity index (χ1v) is 5.76. The Morgan fingerprint density at radius 2 is 2.39 bits per heavy atom. The standard InChI is InChI=1S/C11H15N3O4/c1-13-7-8(2-4-10(13)15)12-6-9-3-5-11(18-9)14(16)17/h3,5,8,12H,2,4,6-7H2,1H3. The molecular weight excluding hydrogens is 238 g/mol. The molecule has 0 aliphatic carbocycles. The fourth-order valence-corrected chi connectivity index (χ4v) is 1.98. The summed E-state index contributed by atoms with van der Waals surface area (Å²) >= 11 is 0. The van der Waals surface area contributed by atoms with E-state index in [1.165, 1.54) is 6.07 Å². The van der Waals surface area contributed by atoms with E-state index in [2.05, 4.69) is 5.32 Å². The van der Waals surface area contributed by atoms with Crippen molar-refractivity contribution in [3.05, 3.63) is 28.0 Å². The third-order valence-corrected chi connectivity index (χ3v) is 3.02. The minimum Gasteiger partial charge on any atom is -0.404 e. The summed E-state index contributed by atoms with van der Waals surface area (Å²) in [5.74, 6) is 0.436. The summed E-state index contributed by atoms with van der Waals surface area (Å²) in [6.45, 7) is 1.09. The number of nitro groups is 1. The predicted octanol–water partition coefficient (Wildman–Crippen LogP) is 0.898. The molecule has 1 fully saturated rings. The van der Waals surface area contributed by atoms with Gasteiger partial charge in [0.05, 0.1) is 12.6 Å². The van der Waals surface area contributed by atoms with Gasteiger partial charge in [-0.3, -0.25) is 14.9 Å². The zero-order valence-corrected chi connectivity index (χ0v) is 10.1. The average Bonchev–Trinajstić information content (AvgIpc) is 2.79. The molecule has 1 atom stereocenters. The number of hydrogen-bond acceptors (Lipinski definition) is 5. The SMILES string of the molecule is CN1CC(NCc2ccc([N+](=O)[O-])o2)CCC1=O. The van der Waals surface area contributed by atoms with Crippen molar-refractivity contribution in [1.82, 2.24) is 10.2 Å². The van der Waals surface area contributed by atoms with Gasteiger partial charge in [-0.1, -0.05) is 0 Å². The van der Waals surface area contributed by atoms with Gasteiger partial charge in [-0.25, -0.2) is 0 Å². The summed E-state index contributed by atoms with van der Waals surface area (Å²) in [5, 5.41) is 13.7. The fraction of sp³-hybridized carbons (Fsp3) is 0.545. The normalized spacial score (nSPS) is 20.2. The molecule has 2 rings (SSSR count). The van der Waals surface area contributed by atoms with Gasteiger partial charge in [-0.15, -0.1) is 0 Å². The molecule has 1 unspecified atom stereocenters. The minimum atomic E-state index is -0.559. The van der Waals surface area contributed by atoms with Crippen LogP contribution in [0, 0.1) is 10.1 Å². The van der Waals surface area contributed by atoms with Gasteiger partial charge in [-0.05, 0) is 12.5 Å². The van der Waals surface area contributed by atoms with Crippen LogP contribution in [0.2, 0.25) is 0 Å². The zero-order valence-electron chi connectivity index (χ0n) is 10.1. The molecule has 98 valence electrons. The van der Waals surface area contributed by atoms with E-state index in [0.29, 0.717) is 25.3 Å². The molecule has 1 aromatic rings. The van der Waals surface area contributed by atoms with Crippen molar-refractivity contribution in [3.8, 4) is 0 Å². The number of likely N-dealkylation sites (tertiary alicyclic amines) is 1. The molecule has 0 radical (unpaired) electrons. The van der Waals surface area contributed by atoms with Gasteiger partial charge in [0.1, 0.15) is 10.7 Å². The lowest BCUT2D eigenvalue weighted by Crippen LogP contribution is -2.46. The number of hydrogen-bond donors (Lipinski definition) is 1. The lowest BCUT2D eigenvalue weighted by Gasteiger charge is -2.30. The van der Waals surface area contributed by atoms with Crippen LogP contribution < -0.4 is 5.32 Å². The fourth-order valence-electron chi connectivity index (χ4n) is 1.98. The van der Waals surface area contributed by atoms with E-state index in [1.54, 1.807) is 18.0 Å². The number of nitrogens with one attached hydrogen (secondary N) is 1. The smallest absolute Gasteiger partial charge is 0.404 e. The molecule has 7 nitrogen and oxygen atoms in total. The van der Waals surface area contributed by atoms with Crippen LogP contribution >= 0.6 is 0 Å². The zero-order chi connectivity index (χ0) is 13.1. The second kappa shape index (κ2) is 5.18. The van der Waals surface area contributed by atoms with Crippen LogP contribution in [0.15, 0.2) is 16.5 Å². The second-order valence-corrected chi connectivity index (χ2v) is 4.39. The molecule has 0 spiro atoms. The molecule has 0 aromatic carbocycles. The van der Waals surface area contributed by atoms with E-state index in [0.717, 1.165) is 6.42 Å². The molecular formula is C11H15N3O4. The van der Waals surface area contributed by atoms with E-state index >= 15 is 0 Å². The van der Waals surface area contributed by atoms with Crippen LogP contribution in [-0.4, -0.2) is 35.4 Å². The number of piperidine rings is 1. The van der Waals surface area contributed by atoms with Crippen LogP contribution in [-0.2, 0) is 11.3 Å². The second-order valence-electron chi connectivity index (χ2n) is 4.39.